The number of piperidine rings is 1. The maximum Gasteiger partial charge on any atom is 0.410 e. The number of para-hydroxylation sites is 1. The van der Waals surface area contributed by atoms with Gasteiger partial charge in [0, 0.05) is 19.0 Å². The molecule has 0 unspecified atom stereocenters. The highest BCUT2D eigenvalue weighted by Gasteiger charge is 2.32. The van der Waals surface area contributed by atoms with E-state index in [1.165, 1.54) is 18.3 Å². The summed E-state index contributed by atoms with van der Waals surface area (Å²) in [4.78, 5) is 27.5. The Kier molecular flexibility index (Phi) is 7.12. The Morgan fingerprint density at radius 2 is 1.80 bits per heavy atom. The van der Waals surface area contributed by atoms with Gasteiger partial charge in [0.2, 0.25) is 0 Å². The van der Waals surface area contributed by atoms with Gasteiger partial charge in [0.15, 0.2) is 0 Å². The van der Waals surface area contributed by atoms with Crippen LogP contribution in [0.15, 0.2) is 54.7 Å². The normalized spacial score (nSPS) is 14.6. The van der Waals surface area contributed by atoms with Gasteiger partial charge in [-0.15, -0.1) is 0 Å². The minimum absolute atomic E-state index is 0.0131. The fourth-order valence-corrected chi connectivity index (χ4v) is 4.36. The smallest absolute Gasteiger partial charge is 0.410 e. The Morgan fingerprint density at radius 3 is 2.43 bits per heavy atom. The van der Waals surface area contributed by atoms with Crippen molar-refractivity contribution in [2.45, 2.75) is 45.1 Å². The number of aromatic nitrogens is 2. The number of benzene rings is 2. The van der Waals surface area contributed by atoms with Gasteiger partial charge in [-0.25, -0.2) is 13.9 Å². The molecule has 0 saturated carbocycles. The molecular weight excluding hydrogens is 471 g/mol. The summed E-state index contributed by atoms with van der Waals surface area (Å²) < 4.78 is 20.7. The lowest BCUT2D eigenvalue weighted by Crippen LogP contribution is -2.41. The van der Waals surface area contributed by atoms with Gasteiger partial charge in [-0.05, 0) is 63.9 Å². The highest BCUT2D eigenvalue weighted by molar-refractivity contribution is 6.33. The van der Waals surface area contributed by atoms with Crippen LogP contribution < -0.4 is 5.32 Å². The van der Waals surface area contributed by atoms with Gasteiger partial charge >= 0.3 is 6.09 Å². The molecule has 1 saturated heterocycles. The molecule has 0 spiro atoms. The highest BCUT2D eigenvalue weighted by Crippen LogP contribution is 2.33. The van der Waals surface area contributed by atoms with E-state index >= 15 is 0 Å². The van der Waals surface area contributed by atoms with Crippen LogP contribution in [0.4, 0.5) is 14.9 Å². The van der Waals surface area contributed by atoms with Gasteiger partial charge in [0.1, 0.15) is 11.4 Å². The number of halogens is 2. The van der Waals surface area contributed by atoms with Crippen LogP contribution in [-0.2, 0) is 4.74 Å². The lowest BCUT2D eigenvalue weighted by molar-refractivity contribution is 0.0203. The molecule has 1 N–H and O–H groups in total. The first-order valence-electron chi connectivity index (χ1n) is 11.5. The van der Waals surface area contributed by atoms with E-state index in [1.807, 2.05) is 51.1 Å². The van der Waals surface area contributed by atoms with Crippen LogP contribution in [0.5, 0.6) is 0 Å². The number of carbonyl (C=O) groups excluding carboxylic acids is 2. The number of likely N-dealkylation sites (tertiary alicyclic amines) is 1. The fourth-order valence-electron chi connectivity index (χ4n) is 4.14. The van der Waals surface area contributed by atoms with E-state index in [1.54, 1.807) is 9.58 Å². The van der Waals surface area contributed by atoms with Crippen molar-refractivity contribution in [1.29, 1.82) is 0 Å². The van der Waals surface area contributed by atoms with Crippen molar-refractivity contribution in [3.8, 4) is 5.69 Å². The Hall–Kier alpha value is -3.39. The summed E-state index contributed by atoms with van der Waals surface area (Å²) in [5.74, 6) is -0.881. The second-order valence-corrected chi connectivity index (χ2v) is 9.92. The molecule has 9 heteroatoms. The van der Waals surface area contributed by atoms with Gasteiger partial charge in [-0.1, -0.05) is 29.8 Å². The van der Waals surface area contributed by atoms with E-state index in [4.69, 9.17) is 16.3 Å². The first-order valence-corrected chi connectivity index (χ1v) is 11.9. The predicted octanol–water partition coefficient (Wildman–Crippen LogP) is 6.03. The standard InChI is InChI=1S/C26H28ClFN4O3/c1-26(2,3)35-25(34)31-13-11-17(12-14-31)23-20(16-29-32(23)19-7-5-4-6-8-19)24(33)30-22-10-9-18(28)15-21(22)27/h4-10,15-17H,11-14H2,1-3H3,(H,30,33). The third-order valence-electron chi connectivity index (χ3n) is 5.76. The van der Waals surface area contributed by atoms with Crippen molar-refractivity contribution in [3.63, 3.8) is 0 Å². The zero-order valence-corrected chi connectivity index (χ0v) is 20.7. The molecule has 0 aliphatic carbocycles. The summed E-state index contributed by atoms with van der Waals surface area (Å²) in [7, 11) is 0. The summed E-state index contributed by atoms with van der Waals surface area (Å²) in [6, 6.07) is 13.4. The summed E-state index contributed by atoms with van der Waals surface area (Å²) in [6.45, 7) is 6.53. The third-order valence-corrected chi connectivity index (χ3v) is 6.08. The number of anilines is 1. The van der Waals surface area contributed by atoms with Crippen LogP contribution in [0.1, 0.15) is 55.6 Å². The molecule has 2 heterocycles. The third kappa shape index (κ3) is 5.82. The zero-order chi connectivity index (χ0) is 25.2. The van der Waals surface area contributed by atoms with Gasteiger partial charge in [0.05, 0.1) is 33.9 Å². The van der Waals surface area contributed by atoms with Crippen LogP contribution in [-0.4, -0.2) is 45.4 Å². The first kappa shape index (κ1) is 24.7. The van der Waals surface area contributed by atoms with Crippen molar-refractivity contribution in [1.82, 2.24) is 14.7 Å². The molecule has 35 heavy (non-hydrogen) atoms. The average molecular weight is 499 g/mol. The zero-order valence-electron chi connectivity index (χ0n) is 19.9. The van der Waals surface area contributed by atoms with Gasteiger partial charge in [-0.3, -0.25) is 4.79 Å². The Morgan fingerprint density at radius 1 is 1.11 bits per heavy atom. The molecule has 0 bridgehead atoms. The minimum atomic E-state index is -0.563. The van der Waals surface area contributed by atoms with E-state index in [-0.39, 0.29) is 22.9 Å². The van der Waals surface area contributed by atoms with Gasteiger partial charge in [0.25, 0.3) is 5.91 Å². The minimum Gasteiger partial charge on any atom is -0.444 e. The maximum absolute atomic E-state index is 13.4. The highest BCUT2D eigenvalue weighted by atomic mass is 35.5. The predicted molar refractivity (Wildman–Crippen MR) is 133 cm³/mol. The van der Waals surface area contributed by atoms with Crippen molar-refractivity contribution in [3.05, 3.63) is 76.8 Å². The van der Waals surface area contributed by atoms with E-state index in [0.717, 1.165) is 17.4 Å². The van der Waals surface area contributed by atoms with Crippen molar-refractivity contribution in [2.75, 3.05) is 18.4 Å². The summed E-state index contributed by atoms with van der Waals surface area (Å²) in [5, 5.41) is 7.41. The van der Waals surface area contributed by atoms with Crippen LogP contribution in [0.2, 0.25) is 5.02 Å². The van der Waals surface area contributed by atoms with Crippen molar-refractivity contribution < 1.29 is 18.7 Å². The maximum atomic E-state index is 13.4. The number of ether oxygens (including phenoxy) is 1. The quantitative estimate of drug-likeness (QED) is 0.476. The monoisotopic (exact) mass is 498 g/mol. The largest absolute Gasteiger partial charge is 0.444 e. The first-order chi connectivity index (χ1) is 16.6. The van der Waals surface area contributed by atoms with E-state index in [9.17, 15) is 14.0 Å². The van der Waals surface area contributed by atoms with Crippen LogP contribution in [0.3, 0.4) is 0 Å². The molecule has 2 aromatic carbocycles. The molecule has 1 aliphatic heterocycles. The summed E-state index contributed by atoms with van der Waals surface area (Å²) in [6.07, 6.45) is 2.50. The Balaban J connectivity index is 1.61. The second-order valence-electron chi connectivity index (χ2n) is 9.51. The molecule has 0 radical (unpaired) electrons. The van der Waals surface area contributed by atoms with Crippen LogP contribution >= 0.6 is 11.6 Å². The molecule has 184 valence electrons. The SMILES string of the molecule is CC(C)(C)OC(=O)N1CCC(c2c(C(=O)Nc3ccc(F)cc3Cl)cnn2-c2ccccc2)CC1. The summed E-state index contributed by atoms with van der Waals surface area (Å²) >= 11 is 6.12. The molecule has 1 aromatic heterocycles. The average Bonchev–Trinajstić information content (AvgIpc) is 3.26. The lowest BCUT2D eigenvalue weighted by Gasteiger charge is -2.34. The molecular formula is C26H28ClFN4O3. The van der Waals surface area contributed by atoms with Crippen LogP contribution in [0, 0.1) is 5.82 Å². The van der Waals surface area contributed by atoms with E-state index in [0.29, 0.717) is 37.2 Å². The molecule has 0 atom stereocenters. The number of rotatable bonds is 4. The molecule has 7 nitrogen and oxygen atoms in total. The van der Waals surface area contributed by atoms with E-state index < -0.39 is 11.4 Å². The number of amides is 2. The second kappa shape index (κ2) is 10.1. The Labute approximate surface area is 208 Å². The fraction of sp³-hybridized carbons (Fsp3) is 0.346. The summed E-state index contributed by atoms with van der Waals surface area (Å²) in [5.41, 5.74) is 1.75. The Bertz CT molecular complexity index is 1220. The molecule has 2 amide bonds. The van der Waals surface area contributed by atoms with Crippen LogP contribution in [0.25, 0.3) is 5.69 Å². The molecule has 1 aliphatic rings. The number of hydrogen-bond donors (Lipinski definition) is 1. The number of nitrogens with one attached hydrogen (secondary N) is 1. The molecule has 4 rings (SSSR count). The lowest BCUT2D eigenvalue weighted by atomic mass is 9.90. The number of nitrogens with zero attached hydrogens (tertiary/aromatic N) is 3. The van der Waals surface area contributed by atoms with Crippen molar-refractivity contribution in [2.24, 2.45) is 0 Å². The topological polar surface area (TPSA) is 76.5 Å². The van der Waals surface area contributed by atoms with Gasteiger partial charge in [-0.2, -0.15) is 5.10 Å². The molecule has 1 fully saturated rings. The number of carbonyl (C=O) groups is 2. The number of hydrogen-bond acceptors (Lipinski definition) is 4. The van der Waals surface area contributed by atoms with Gasteiger partial charge < -0.3 is 15.0 Å². The molecule has 3 aromatic rings. The van der Waals surface area contributed by atoms with Crippen molar-refractivity contribution >= 4 is 29.3 Å². The van der Waals surface area contributed by atoms with E-state index in [2.05, 4.69) is 10.4 Å².